The van der Waals surface area contributed by atoms with Crippen molar-refractivity contribution < 1.29 is 0 Å². The lowest BCUT2D eigenvalue weighted by Crippen LogP contribution is -1.91. The summed E-state index contributed by atoms with van der Waals surface area (Å²) in [6.07, 6.45) is 0. The maximum atomic E-state index is 5.16. The Kier molecular flexibility index (Phi) is 5.04. The van der Waals surface area contributed by atoms with Crippen LogP contribution in [0.15, 0.2) is 133 Å². The number of hydrogen-bond acceptors (Lipinski definition) is 3. The molecule has 5 aromatic carbocycles. The fourth-order valence-electron chi connectivity index (χ4n) is 5.46. The van der Waals surface area contributed by atoms with Gasteiger partial charge in [-0.2, -0.15) is 0 Å². The molecule has 182 valence electrons. The molecule has 0 N–H and O–H groups in total. The molecule has 0 fully saturated rings. The third kappa shape index (κ3) is 3.79. The van der Waals surface area contributed by atoms with Gasteiger partial charge in [-0.25, -0.2) is 9.97 Å². The standard InChI is InChI=1S/C36H22N2S/c1-2-7-23(8-3-1)31-19-16-24-13-14-25-17-20-32(38-36(25)35(24)37-31)28-10-6-9-26(21-28)27-15-18-30-29-11-4-5-12-33(29)39-34(30)22-27/h1-22H. The van der Waals surface area contributed by atoms with E-state index in [1.165, 1.54) is 31.3 Å². The van der Waals surface area contributed by atoms with Crippen LogP contribution in [0.3, 0.4) is 0 Å². The normalized spacial score (nSPS) is 11.6. The molecular weight excluding hydrogens is 492 g/mol. The van der Waals surface area contributed by atoms with E-state index < -0.39 is 0 Å². The van der Waals surface area contributed by atoms with E-state index in [0.29, 0.717) is 0 Å². The van der Waals surface area contributed by atoms with Crippen LogP contribution in [-0.2, 0) is 0 Å². The molecule has 8 aromatic rings. The molecule has 3 heterocycles. The van der Waals surface area contributed by atoms with Gasteiger partial charge >= 0.3 is 0 Å². The summed E-state index contributed by atoms with van der Waals surface area (Å²) in [4.78, 5) is 10.2. The molecule has 0 amide bonds. The van der Waals surface area contributed by atoms with Gasteiger partial charge in [0.1, 0.15) is 0 Å². The van der Waals surface area contributed by atoms with E-state index in [9.17, 15) is 0 Å². The number of nitrogens with zero attached hydrogens (tertiary/aromatic N) is 2. The molecule has 0 aliphatic carbocycles. The fourth-order valence-corrected chi connectivity index (χ4v) is 6.61. The quantitative estimate of drug-likeness (QED) is 0.219. The Morgan fingerprint density at radius 2 is 0.974 bits per heavy atom. The van der Waals surface area contributed by atoms with Crippen molar-refractivity contribution in [3.63, 3.8) is 0 Å². The highest BCUT2D eigenvalue weighted by atomic mass is 32.1. The summed E-state index contributed by atoms with van der Waals surface area (Å²) in [7, 11) is 0. The van der Waals surface area contributed by atoms with Gasteiger partial charge in [0.2, 0.25) is 0 Å². The summed E-state index contributed by atoms with van der Waals surface area (Å²) in [6, 6.07) is 47.2. The van der Waals surface area contributed by atoms with Crippen molar-refractivity contribution in [1.29, 1.82) is 0 Å². The summed E-state index contributed by atoms with van der Waals surface area (Å²) in [5, 5.41) is 4.84. The Morgan fingerprint density at radius 3 is 1.77 bits per heavy atom. The SMILES string of the molecule is c1ccc(-c2ccc3ccc4ccc(-c5cccc(-c6ccc7c(c6)sc6ccccc67)c5)nc4c3n2)cc1. The molecule has 0 atom stereocenters. The van der Waals surface area contributed by atoms with Gasteiger partial charge in [-0.1, -0.05) is 103 Å². The molecule has 0 radical (unpaired) electrons. The van der Waals surface area contributed by atoms with Crippen LogP contribution in [0.1, 0.15) is 0 Å². The number of pyridine rings is 2. The fraction of sp³-hybridized carbons (Fsp3) is 0. The van der Waals surface area contributed by atoms with Crippen molar-refractivity contribution in [3.8, 4) is 33.6 Å². The Balaban J connectivity index is 1.24. The minimum atomic E-state index is 0.930. The molecule has 8 rings (SSSR count). The van der Waals surface area contributed by atoms with E-state index in [-0.39, 0.29) is 0 Å². The van der Waals surface area contributed by atoms with Gasteiger partial charge in [0.25, 0.3) is 0 Å². The predicted octanol–water partition coefficient (Wildman–Crippen LogP) is 10.2. The lowest BCUT2D eigenvalue weighted by Gasteiger charge is -2.09. The number of hydrogen-bond donors (Lipinski definition) is 0. The van der Waals surface area contributed by atoms with Crippen LogP contribution in [0.25, 0.3) is 75.6 Å². The van der Waals surface area contributed by atoms with E-state index in [2.05, 4.69) is 115 Å². The minimum absolute atomic E-state index is 0.930. The van der Waals surface area contributed by atoms with Crippen molar-refractivity contribution in [1.82, 2.24) is 9.97 Å². The van der Waals surface area contributed by atoms with Crippen LogP contribution in [0, 0.1) is 0 Å². The first kappa shape index (κ1) is 22.2. The van der Waals surface area contributed by atoms with E-state index in [4.69, 9.17) is 9.97 Å². The van der Waals surface area contributed by atoms with Gasteiger partial charge in [-0.05, 0) is 41.5 Å². The van der Waals surface area contributed by atoms with E-state index in [0.717, 1.165) is 44.3 Å². The maximum absolute atomic E-state index is 5.16. The zero-order chi connectivity index (χ0) is 25.8. The van der Waals surface area contributed by atoms with Crippen LogP contribution < -0.4 is 0 Å². The van der Waals surface area contributed by atoms with Gasteiger partial charge in [0.15, 0.2) is 0 Å². The minimum Gasteiger partial charge on any atom is -0.245 e. The van der Waals surface area contributed by atoms with Crippen LogP contribution in [-0.4, -0.2) is 9.97 Å². The van der Waals surface area contributed by atoms with Crippen LogP contribution in [0.5, 0.6) is 0 Å². The van der Waals surface area contributed by atoms with Crippen LogP contribution in [0.4, 0.5) is 0 Å². The molecule has 39 heavy (non-hydrogen) atoms. The maximum Gasteiger partial charge on any atom is 0.0972 e. The van der Waals surface area contributed by atoms with Crippen molar-refractivity contribution in [2.45, 2.75) is 0 Å². The Hall–Kier alpha value is -4.86. The first-order valence-corrected chi connectivity index (χ1v) is 13.9. The summed E-state index contributed by atoms with van der Waals surface area (Å²) in [5.74, 6) is 0. The van der Waals surface area contributed by atoms with Crippen molar-refractivity contribution in [2.24, 2.45) is 0 Å². The summed E-state index contributed by atoms with van der Waals surface area (Å²) < 4.78 is 2.64. The summed E-state index contributed by atoms with van der Waals surface area (Å²) in [5.41, 5.74) is 8.39. The smallest absolute Gasteiger partial charge is 0.0972 e. The van der Waals surface area contributed by atoms with Gasteiger partial charge < -0.3 is 0 Å². The van der Waals surface area contributed by atoms with Gasteiger partial charge in [0, 0.05) is 42.1 Å². The molecule has 0 saturated carbocycles. The predicted molar refractivity (Wildman–Crippen MR) is 166 cm³/mol. The molecule has 0 bridgehead atoms. The van der Waals surface area contributed by atoms with Gasteiger partial charge in [-0.3, -0.25) is 0 Å². The summed E-state index contributed by atoms with van der Waals surface area (Å²) >= 11 is 1.85. The second-order valence-electron chi connectivity index (χ2n) is 9.86. The highest BCUT2D eigenvalue weighted by molar-refractivity contribution is 7.25. The Bertz CT molecular complexity index is 2180. The zero-order valence-electron chi connectivity index (χ0n) is 21.0. The second-order valence-corrected chi connectivity index (χ2v) is 10.9. The Morgan fingerprint density at radius 1 is 0.385 bits per heavy atom. The molecule has 0 unspecified atom stereocenters. The Labute approximate surface area is 229 Å². The highest BCUT2D eigenvalue weighted by Crippen LogP contribution is 2.37. The van der Waals surface area contributed by atoms with Crippen molar-refractivity contribution >= 4 is 53.3 Å². The van der Waals surface area contributed by atoms with Crippen molar-refractivity contribution in [2.75, 3.05) is 0 Å². The molecule has 3 heteroatoms. The average molecular weight is 515 g/mol. The lowest BCUT2D eigenvalue weighted by atomic mass is 10.00. The van der Waals surface area contributed by atoms with Gasteiger partial charge in [-0.15, -0.1) is 11.3 Å². The highest BCUT2D eigenvalue weighted by Gasteiger charge is 2.11. The summed E-state index contributed by atoms with van der Waals surface area (Å²) in [6.45, 7) is 0. The zero-order valence-corrected chi connectivity index (χ0v) is 21.8. The number of thiophene rings is 1. The molecule has 0 aliphatic heterocycles. The largest absolute Gasteiger partial charge is 0.245 e. The monoisotopic (exact) mass is 514 g/mol. The number of benzene rings is 5. The number of aromatic nitrogens is 2. The molecule has 0 spiro atoms. The topological polar surface area (TPSA) is 25.8 Å². The van der Waals surface area contributed by atoms with Gasteiger partial charge in [0.05, 0.1) is 22.4 Å². The molecule has 0 aliphatic rings. The molecule has 3 aromatic heterocycles. The first-order valence-electron chi connectivity index (χ1n) is 13.1. The van der Waals surface area contributed by atoms with Crippen LogP contribution in [0.2, 0.25) is 0 Å². The average Bonchev–Trinajstić information content (AvgIpc) is 3.39. The number of fused-ring (bicyclic) bond motifs is 6. The van der Waals surface area contributed by atoms with Crippen LogP contribution >= 0.6 is 11.3 Å². The third-order valence-corrected chi connectivity index (χ3v) is 8.59. The van der Waals surface area contributed by atoms with E-state index in [1.54, 1.807) is 0 Å². The second kappa shape index (κ2) is 8.87. The molecule has 2 nitrogen and oxygen atoms in total. The lowest BCUT2D eigenvalue weighted by molar-refractivity contribution is 1.36. The van der Waals surface area contributed by atoms with E-state index in [1.807, 2.05) is 29.5 Å². The molecular formula is C36H22N2S. The van der Waals surface area contributed by atoms with Crippen molar-refractivity contribution in [3.05, 3.63) is 133 Å². The first-order chi connectivity index (χ1) is 19.3. The molecule has 0 saturated heterocycles. The third-order valence-electron chi connectivity index (χ3n) is 7.46. The number of rotatable bonds is 3. The van der Waals surface area contributed by atoms with E-state index >= 15 is 0 Å².